The predicted molar refractivity (Wildman–Crippen MR) is 61.7 cm³/mol. The van der Waals surface area contributed by atoms with Crippen molar-refractivity contribution in [3.05, 3.63) is 34.2 Å². The van der Waals surface area contributed by atoms with Gasteiger partial charge < -0.3 is 20.5 Å². The van der Waals surface area contributed by atoms with Crippen LogP contribution in [0.4, 0.5) is 0 Å². The molecule has 6 nitrogen and oxygen atoms in total. The number of aromatic amines is 1. The first-order chi connectivity index (χ1) is 8.06. The van der Waals surface area contributed by atoms with E-state index in [2.05, 4.69) is 10.3 Å². The quantitative estimate of drug-likeness (QED) is 0.543. The van der Waals surface area contributed by atoms with E-state index in [1.165, 1.54) is 18.2 Å². The van der Waals surface area contributed by atoms with Crippen molar-refractivity contribution in [2.75, 3.05) is 13.2 Å². The molecule has 1 amide bonds. The SMILES string of the molecule is CCC(CO)(CO)NC(=O)c1cccc(=O)[nH]1. The highest BCUT2D eigenvalue weighted by atomic mass is 16.3. The second kappa shape index (κ2) is 5.60. The highest BCUT2D eigenvalue weighted by Crippen LogP contribution is 2.09. The molecule has 0 fully saturated rings. The van der Waals surface area contributed by atoms with Crippen LogP contribution < -0.4 is 10.9 Å². The highest BCUT2D eigenvalue weighted by molar-refractivity contribution is 5.92. The Balaban J connectivity index is 2.88. The van der Waals surface area contributed by atoms with Gasteiger partial charge in [-0.2, -0.15) is 0 Å². The van der Waals surface area contributed by atoms with Crippen LogP contribution in [0.2, 0.25) is 0 Å². The molecule has 1 heterocycles. The molecule has 94 valence electrons. The predicted octanol–water partition coefficient (Wildman–Crippen LogP) is -0.762. The second-order valence-corrected chi connectivity index (χ2v) is 3.83. The average Bonchev–Trinajstić information content (AvgIpc) is 2.36. The Morgan fingerprint density at radius 2 is 2.06 bits per heavy atom. The van der Waals surface area contributed by atoms with Crippen molar-refractivity contribution in [2.45, 2.75) is 18.9 Å². The van der Waals surface area contributed by atoms with Crippen molar-refractivity contribution >= 4 is 5.91 Å². The van der Waals surface area contributed by atoms with E-state index in [9.17, 15) is 19.8 Å². The number of rotatable bonds is 5. The molecule has 6 heteroatoms. The van der Waals surface area contributed by atoms with Crippen molar-refractivity contribution < 1.29 is 15.0 Å². The first kappa shape index (κ1) is 13.4. The lowest BCUT2D eigenvalue weighted by Crippen LogP contribution is -2.54. The molecule has 0 saturated carbocycles. The highest BCUT2D eigenvalue weighted by Gasteiger charge is 2.29. The zero-order valence-corrected chi connectivity index (χ0v) is 9.56. The van der Waals surface area contributed by atoms with E-state index in [-0.39, 0.29) is 24.5 Å². The van der Waals surface area contributed by atoms with Gasteiger partial charge in [0.25, 0.3) is 5.91 Å². The summed E-state index contributed by atoms with van der Waals surface area (Å²) in [5, 5.41) is 20.9. The molecule has 1 aromatic heterocycles. The lowest BCUT2D eigenvalue weighted by Gasteiger charge is -2.29. The second-order valence-electron chi connectivity index (χ2n) is 3.83. The molecule has 0 unspecified atom stereocenters. The maximum Gasteiger partial charge on any atom is 0.268 e. The van der Waals surface area contributed by atoms with Gasteiger partial charge in [0.2, 0.25) is 5.56 Å². The van der Waals surface area contributed by atoms with Gasteiger partial charge in [0.1, 0.15) is 5.69 Å². The fourth-order valence-corrected chi connectivity index (χ4v) is 1.33. The third kappa shape index (κ3) is 3.15. The van der Waals surface area contributed by atoms with E-state index in [4.69, 9.17) is 0 Å². The summed E-state index contributed by atoms with van der Waals surface area (Å²) in [5.74, 6) is -0.535. The number of H-pyrrole nitrogens is 1. The molecule has 1 rings (SSSR count). The number of aliphatic hydroxyl groups is 2. The normalized spacial score (nSPS) is 11.2. The fourth-order valence-electron chi connectivity index (χ4n) is 1.33. The maximum atomic E-state index is 11.8. The van der Waals surface area contributed by atoms with Gasteiger partial charge >= 0.3 is 0 Å². The van der Waals surface area contributed by atoms with Crippen LogP contribution >= 0.6 is 0 Å². The Labute approximate surface area is 98.3 Å². The molecule has 0 aliphatic rings. The summed E-state index contributed by atoms with van der Waals surface area (Å²) in [6.45, 7) is 0.992. The minimum atomic E-state index is -1.07. The van der Waals surface area contributed by atoms with E-state index in [0.29, 0.717) is 6.42 Å². The molecule has 0 radical (unpaired) electrons. The van der Waals surface area contributed by atoms with Gasteiger partial charge in [-0.25, -0.2) is 0 Å². The van der Waals surface area contributed by atoms with Crippen LogP contribution in [0.15, 0.2) is 23.0 Å². The smallest absolute Gasteiger partial charge is 0.268 e. The molecular formula is C11H16N2O4. The van der Waals surface area contributed by atoms with Gasteiger partial charge in [-0.15, -0.1) is 0 Å². The summed E-state index contributed by atoms with van der Waals surface area (Å²) < 4.78 is 0. The van der Waals surface area contributed by atoms with Crippen molar-refractivity contribution in [2.24, 2.45) is 0 Å². The summed E-state index contributed by atoms with van der Waals surface area (Å²) in [6.07, 6.45) is 0.378. The summed E-state index contributed by atoms with van der Waals surface area (Å²) in [4.78, 5) is 25.2. The molecule has 17 heavy (non-hydrogen) atoms. The van der Waals surface area contributed by atoms with Crippen LogP contribution in [0, 0.1) is 0 Å². The van der Waals surface area contributed by atoms with Crippen LogP contribution in [0.1, 0.15) is 23.8 Å². The molecule has 0 aliphatic heterocycles. The summed E-state index contributed by atoms with van der Waals surface area (Å²) in [6, 6.07) is 4.20. The maximum absolute atomic E-state index is 11.8. The van der Waals surface area contributed by atoms with Crippen LogP contribution in [0.3, 0.4) is 0 Å². The van der Waals surface area contributed by atoms with E-state index >= 15 is 0 Å². The topological polar surface area (TPSA) is 102 Å². The van der Waals surface area contributed by atoms with Gasteiger partial charge in [0.05, 0.1) is 18.8 Å². The number of pyridine rings is 1. The third-order valence-corrected chi connectivity index (χ3v) is 2.67. The Kier molecular flexibility index (Phi) is 4.42. The summed E-state index contributed by atoms with van der Waals surface area (Å²) >= 11 is 0. The van der Waals surface area contributed by atoms with Crippen LogP contribution in [-0.4, -0.2) is 39.9 Å². The van der Waals surface area contributed by atoms with Gasteiger partial charge in [-0.3, -0.25) is 9.59 Å². The lowest BCUT2D eigenvalue weighted by molar-refractivity contribution is 0.0649. The zero-order valence-electron chi connectivity index (χ0n) is 9.56. The first-order valence-corrected chi connectivity index (χ1v) is 5.30. The Morgan fingerprint density at radius 3 is 2.53 bits per heavy atom. The van der Waals surface area contributed by atoms with E-state index in [1.54, 1.807) is 6.92 Å². The van der Waals surface area contributed by atoms with E-state index in [1.807, 2.05) is 0 Å². The van der Waals surface area contributed by atoms with Crippen LogP contribution in [0.5, 0.6) is 0 Å². The summed E-state index contributed by atoms with van der Waals surface area (Å²) in [5.41, 5.74) is -1.35. The van der Waals surface area contributed by atoms with Gasteiger partial charge in [-0.1, -0.05) is 13.0 Å². The third-order valence-electron chi connectivity index (χ3n) is 2.67. The minimum absolute atomic E-state index is 0.0947. The molecule has 1 aromatic rings. The molecule has 0 spiro atoms. The summed E-state index contributed by atoms with van der Waals surface area (Å²) in [7, 11) is 0. The lowest BCUT2D eigenvalue weighted by atomic mass is 9.98. The number of aromatic nitrogens is 1. The van der Waals surface area contributed by atoms with Gasteiger partial charge in [-0.05, 0) is 12.5 Å². The number of carbonyl (C=O) groups is 1. The standard InChI is InChI=1S/C11H16N2O4/c1-2-11(6-14,7-15)13-10(17)8-4-3-5-9(16)12-8/h3-5,14-15H,2,6-7H2,1H3,(H,12,16)(H,13,17). The number of hydrogen-bond acceptors (Lipinski definition) is 4. The molecule has 0 saturated heterocycles. The Bertz CT molecular complexity index is 429. The average molecular weight is 240 g/mol. The van der Waals surface area contributed by atoms with Crippen molar-refractivity contribution in [3.8, 4) is 0 Å². The number of amides is 1. The van der Waals surface area contributed by atoms with Crippen LogP contribution in [-0.2, 0) is 0 Å². The first-order valence-electron chi connectivity index (χ1n) is 5.30. The zero-order chi connectivity index (χ0) is 12.9. The van der Waals surface area contributed by atoms with Crippen molar-refractivity contribution in [1.29, 1.82) is 0 Å². The Hall–Kier alpha value is -1.66. The number of aliphatic hydroxyl groups excluding tert-OH is 2. The molecule has 0 aromatic carbocycles. The van der Waals surface area contributed by atoms with Crippen molar-refractivity contribution in [1.82, 2.24) is 10.3 Å². The minimum Gasteiger partial charge on any atom is -0.394 e. The molecule has 0 atom stereocenters. The number of nitrogens with one attached hydrogen (secondary N) is 2. The largest absolute Gasteiger partial charge is 0.394 e. The molecular weight excluding hydrogens is 224 g/mol. The van der Waals surface area contributed by atoms with Gasteiger partial charge in [0, 0.05) is 6.07 Å². The number of hydrogen-bond donors (Lipinski definition) is 4. The monoisotopic (exact) mass is 240 g/mol. The fraction of sp³-hybridized carbons (Fsp3) is 0.455. The molecule has 0 bridgehead atoms. The van der Waals surface area contributed by atoms with Crippen LogP contribution in [0.25, 0.3) is 0 Å². The van der Waals surface area contributed by atoms with E-state index < -0.39 is 11.4 Å². The Morgan fingerprint density at radius 1 is 1.41 bits per heavy atom. The number of carbonyl (C=O) groups excluding carboxylic acids is 1. The molecule has 0 aliphatic carbocycles. The molecule has 4 N–H and O–H groups in total. The van der Waals surface area contributed by atoms with Crippen molar-refractivity contribution in [3.63, 3.8) is 0 Å². The van der Waals surface area contributed by atoms with E-state index in [0.717, 1.165) is 0 Å². The van der Waals surface area contributed by atoms with Gasteiger partial charge in [0.15, 0.2) is 0 Å².